The van der Waals surface area contributed by atoms with E-state index in [1.165, 1.54) is 28.0 Å². The summed E-state index contributed by atoms with van der Waals surface area (Å²) >= 11 is 2.89. The molecule has 0 fully saturated rings. The second-order valence-corrected chi connectivity index (χ2v) is 11.6. The number of amides is 1. The van der Waals surface area contributed by atoms with Gasteiger partial charge in [0.1, 0.15) is 16.4 Å². The van der Waals surface area contributed by atoms with Crippen molar-refractivity contribution in [3.05, 3.63) is 76.7 Å². The molecule has 2 heterocycles. The first-order valence-electron chi connectivity index (χ1n) is 13.1. The highest BCUT2D eigenvalue weighted by molar-refractivity contribution is 7.99. The maximum Gasteiger partial charge on any atom is 0.341 e. The maximum atomic E-state index is 12.9. The minimum atomic E-state index is -0.361. The first kappa shape index (κ1) is 27.0. The Morgan fingerprint density at radius 1 is 1.03 bits per heavy atom. The summed E-state index contributed by atoms with van der Waals surface area (Å²) in [6.07, 6.45) is 3.03. The quantitative estimate of drug-likeness (QED) is 0.181. The fourth-order valence-electron chi connectivity index (χ4n) is 4.64. The van der Waals surface area contributed by atoms with Gasteiger partial charge in [0.05, 0.1) is 12.2 Å². The first-order chi connectivity index (χ1) is 19.0. The summed E-state index contributed by atoms with van der Waals surface area (Å²) < 4.78 is 5.32. The van der Waals surface area contributed by atoms with Crippen molar-refractivity contribution in [1.29, 1.82) is 0 Å². The van der Waals surface area contributed by atoms with E-state index in [0.29, 0.717) is 39.7 Å². The van der Waals surface area contributed by atoms with E-state index in [9.17, 15) is 9.59 Å². The van der Waals surface area contributed by atoms with Crippen LogP contribution in [0.3, 0.4) is 0 Å². The van der Waals surface area contributed by atoms with Crippen LogP contribution in [0.1, 0.15) is 47.5 Å². The fourth-order valence-corrected chi connectivity index (χ4v) is 6.78. The van der Waals surface area contributed by atoms with E-state index in [2.05, 4.69) is 22.4 Å². The van der Waals surface area contributed by atoms with Crippen LogP contribution in [0.4, 0.5) is 5.00 Å². The molecule has 7 nitrogen and oxygen atoms in total. The number of anilines is 1. The number of fused-ring (bicyclic) bond motifs is 1. The zero-order chi connectivity index (χ0) is 27.2. The Morgan fingerprint density at radius 2 is 1.72 bits per heavy atom. The second kappa shape index (κ2) is 12.5. The molecule has 4 aromatic rings. The monoisotopic (exact) mass is 558 g/mol. The Balaban J connectivity index is 1.29. The molecule has 5 rings (SSSR count). The van der Waals surface area contributed by atoms with Crippen molar-refractivity contribution in [3.63, 3.8) is 0 Å². The fraction of sp³-hybridized carbons (Fsp3) is 0.300. The van der Waals surface area contributed by atoms with Gasteiger partial charge in [0.2, 0.25) is 11.1 Å². The van der Waals surface area contributed by atoms with Gasteiger partial charge >= 0.3 is 5.97 Å². The average Bonchev–Trinajstić information content (AvgIpc) is 3.30. The molecule has 1 amide bonds. The second-order valence-electron chi connectivity index (χ2n) is 9.45. The molecule has 2 aromatic heterocycles. The summed E-state index contributed by atoms with van der Waals surface area (Å²) in [5, 5.41) is 12.9. The molecule has 0 aliphatic heterocycles. The zero-order valence-electron chi connectivity index (χ0n) is 22.0. The summed E-state index contributed by atoms with van der Waals surface area (Å²) in [7, 11) is 0. The van der Waals surface area contributed by atoms with Crippen molar-refractivity contribution in [2.75, 3.05) is 17.7 Å². The summed E-state index contributed by atoms with van der Waals surface area (Å²) in [6, 6.07) is 19.8. The molecule has 200 valence electrons. The number of nitrogens with one attached hydrogen (secondary N) is 1. The van der Waals surface area contributed by atoms with Crippen molar-refractivity contribution in [3.8, 4) is 22.5 Å². The number of thioether (sulfide) groups is 1. The molecule has 0 saturated carbocycles. The van der Waals surface area contributed by atoms with E-state index in [0.717, 1.165) is 41.6 Å². The van der Waals surface area contributed by atoms with E-state index in [4.69, 9.17) is 9.72 Å². The van der Waals surface area contributed by atoms with Gasteiger partial charge in [0, 0.05) is 28.2 Å². The Labute approximate surface area is 236 Å². The van der Waals surface area contributed by atoms with Crippen LogP contribution in [-0.2, 0) is 22.4 Å². The van der Waals surface area contributed by atoms with Gasteiger partial charge in [-0.1, -0.05) is 79.3 Å². The predicted octanol–water partition coefficient (Wildman–Crippen LogP) is 6.69. The smallest absolute Gasteiger partial charge is 0.341 e. The van der Waals surface area contributed by atoms with E-state index in [1.54, 1.807) is 6.92 Å². The SMILES string of the molecule is CCOC(=O)c1c(NC(=O)CCSc2nnc(-c3ccccc3)c(-c3ccccc3)n2)sc2c1CCC(C)C2. The lowest BCUT2D eigenvalue weighted by atomic mass is 9.88. The van der Waals surface area contributed by atoms with Crippen LogP contribution in [-0.4, -0.2) is 39.4 Å². The van der Waals surface area contributed by atoms with Gasteiger partial charge in [-0.2, -0.15) is 0 Å². The number of thiophene rings is 1. The molecule has 1 unspecified atom stereocenters. The normalized spacial score (nSPS) is 14.5. The standard InChI is InChI=1S/C30H30N4O3S2/c1-3-37-29(36)25-22-15-14-19(2)18-23(22)39-28(25)31-24(35)16-17-38-30-32-26(20-10-6-4-7-11-20)27(33-34-30)21-12-8-5-9-13-21/h4-13,19H,3,14-18H2,1-2H3,(H,31,35). The summed E-state index contributed by atoms with van der Waals surface area (Å²) in [5.41, 5.74) is 4.92. The number of nitrogens with zero attached hydrogens (tertiary/aromatic N) is 3. The molecule has 0 spiro atoms. The lowest BCUT2D eigenvalue weighted by Crippen LogP contribution is -2.17. The van der Waals surface area contributed by atoms with Gasteiger partial charge in [-0.3, -0.25) is 4.79 Å². The summed E-state index contributed by atoms with van der Waals surface area (Å²) in [6.45, 7) is 4.31. The van der Waals surface area contributed by atoms with Crippen LogP contribution < -0.4 is 5.32 Å². The van der Waals surface area contributed by atoms with Gasteiger partial charge < -0.3 is 10.1 Å². The van der Waals surface area contributed by atoms with E-state index in [1.807, 2.05) is 60.7 Å². The molecule has 0 radical (unpaired) electrons. The van der Waals surface area contributed by atoms with Crippen LogP contribution in [0.15, 0.2) is 65.8 Å². The average molecular weight is 559 g/mol. The molecular formula is C30H30N4O3S2. The number of esters is 1. The molecule has 1 atom stereocenters. The number of ether oxygens (including phenoxy) is 1. The van der Waals surface area contributed by atoms with Crippen LogP contribution >= 0.6 is 23.1 Å². The number of rotatable bonds is 9. The van der Waals surface area contributed by atoms with Crippen LogP contribution in [0, 0.1) is 5.92 Å². The number of carbonyl (C=O) groups excluding carboxylic acids is 2. The summed E-state index contributed by atoms with van der Waals surface area (Å²) in [5.74, 6) is 0.523. The minimum absolute atomic E-state index is 0.156. The van der Waals surface area contributed by atoms with Gasteiger partial charge in [0.15, 0.2) is 0 Å². The van der Waals surface area contributed by atoms with Crippen molar-refractivity contribution in [2.45, 2.75) is 44.7 Å². The van der Waals surface area contributed by atoms with Crippen LogP contribution in [0.25, 0.3) is 22.5 Å². The van der Waals surface area contributed by atoms with Crippen molar-refractivity contribution in [2.24, 2.45) is 5.92 Å². The van der Waals surface area contributed by atoms with Gasteiger partial charge in [-0.25, -0.2) is 9.78 Å². The highest BCUT2D eigenvalue weighted by Crippen LogP contribution is 2.40. The Kier molecular flexibility index (Phi) is 8.68. The zero-order valence-corrected chi connectivity index (χ0v) is 23.6. The maximum absolute atomic E-state index is 12.9. The first-order valence-corrected chi connectivity index (χ1v) is 14.9. The number of carbonyl (C=O) groups is 2. The molecule has 1 aliphatic rings. The molecule has 0 bridgehead atoms. The van der Waals surface area contributed by atoms with Crippen molar-refractivity contribution >= 4 is 40.0 Å². The number of aromatic nitrogens is 3. The van der Waals surface area contributed by atoms with E-state index >= 15 is 0 Å². The topological polar surface area (TPSA) is 94.1 Å². The molecular weight excluding hydrogens is 528 g/mol. The Hall–Kier alpha value is -3.56. The third kappa shape index (κ3) is 6.37. The molecule has 0 saturated heterocycles. The third-order valence-corrected chi connectivity index (χ3v) is 8.58. The van der Waals surface area contributed by atoms with E-state index in [-0.39, 0.29) is 18.3 Å². The van der Waals surface area contributed by atoms with Crippen molar-refractivity contribution in [1.82, 2.24) is 15.2 Å². The largest absolute Gasteiger partial charge is 0.462 e. The molecule has 2 aromatic carbocycles. The van der Waals surface area contributed by atoms with Gasteiger partial charge in [0.25, 0.3) is 0 Å². The van der Waals surface area contributed by atoms with Gasteiger partial charge in [-0.15, -0.1) is 21.5 Å². The lowest BCUT2D eigenvalue weighted by Gasteiger charge is -2.18. The third-order valence-electron chi connectivity index (χ3n) is 6.57. The van der Waals surface area contributed by atoms with E-state index < -0.39 is 0 Å². The van der Waals surface area contributed by atoms with Crippen LogP contribution in [0.2, 0.25) is 0 Å². The Bertz CT molecular complexity index is 1460. The highest BCUT2D eigenvalue weighted by Gasteiger charge is 2.29. The Morgan fingerprint density at radius 3 is 2.41 bits per heavy atom. The van der Waals surface area contributed by atoms with Crippen molar-refractivity contribution < 1.29 is 14.3 Å². The molecule has 1 aliphatic carbocycles. The minimum Gasteiger partial charge on any atom is -0.462 e. The van der Waals surface area contributed by atoms with Crippen LogP contribution in [0.5, 0.6) is 0 Å². The van der Waals surface area contributed by atoms with Gasteiger partial charge in [-0.05, 0) is 37.7 Å². The molecule has 39 heavy (non-hydrogen) atoms. The summed E-state index contributed by atoms with van der Waals surface area (Å²) in [4.78, 5) is 31.6. The number of hydrogen-bond donors (Lipinski definition) is 1. The molecule has 9 heteroatoms. The lowest BCUT2D eigenvalue weighted by molar-refractivity contribution is -0.115. The number of benzene rings is 2. The number of hydrogen-bond acceptors (Lipinski definition) is 8. The highest BCUT2D eigenvalue weighted by atomic mass is 32.2. The molecule has 1 N–H and O–H groups in total. The predicted molar refractivity (Wildman–Crippen MR) is 156 cm³/mol.